The van der Waals surface area contributed by atoms with Crippen molar-refractivity contribution in [1.29, 1.82) is 5.26 Å². The van der Waals surface area contributed by atoms with Crippen molar-refractivity contribution in [2.24, 2.45) is 0 Å². The van der Waals surface area contributed by atoms with Gasteiger partial charge in [0.25, 0.3) is 0 Å². The van der Waals surface area contributed by atoms with Gasteiger partial charge in [0.1, 0.15) is 0 Å². The number of allylic oxidation sites excluding steroid dienone is 2. The standard InChI is InChI=1S/C14H26N2/c1-5-8-13(10-7-11-16(3)4)14(12-15)9-6-2/h5-11H2,1-4H3/b14-13-. The molecule has 0 saturated carbocycles. The van der Waals surface area contributed by atoms with Crippen molar-refractivity contribution in [2.45, 2.75) is 52.4 Å². The van der Waals surface area contributed by atoms with Crippen LogP contribution in [0.3, 0.4) is 0 Å². The second-order valence-electron chi connectivity index (χ2n) is 4.60. The first-order valence-electron chi connectivity index (χ1n) is 6.41. The second-order valence-corrected chi connectivity index (χ2v) is 4.60. The molecule has 0 spiro atoms. The van der Waals surface area contributed by atoms with Gasteiger partial charge in [0.15, 0.2) is 0 Å². The summed E-state index contributed by atoms with van der Waals surface area (Å²) in [6, 6.07) is 2.39. The summed E-state index contributed by atoms with van der Waals surface area (Å²) in [5.41, 5.74) is 2.44. The molecule has 2 heteroatoms. The van der Waals surface area contributed by atoms with Gasteiger partial charge in [-0.2, -0.15) is 5.26 Å². The SMILES string of the molecule is CCC/C(C#N)=C(\CCC)CCCN(C)C. The fraction of sp³-hybridized carbons (Fsp3) is 0.786. The lowest BCUT2D eigenvalue weighted by molar-refractivity contribution is 0.399. The van der Waals surface area contributed by atoms with Crippen LogP contribution in [-0.4, -0.2) is 25.5 Å². The highest BCUT2D eigenvalue weighted by Gasteiger charge is 2.05. The Morgan fingerprint density at radius 3 is 2.12 bits per heavy atom. The molecule has 0 aromatic rings. The van der Waals surface area contributed by atoms with E-state index in [0.717, 1.165) is 50.6 Å². The van der Waals surface area contributed by atoms with E-state index in [2.05, 4.69) is 38.9 Å². The molecule has 0 atom stereocenters. The van der Waals surface area contributed by atoms with Gasteiger partial charge in [-0.15, -0.1) is 0 Å². The maximum atomic E-state index is 9.14. The Morgan fingerprint density at radius 1 is 1.06 bits per heavy atom. The van der Waals surface area contributed by atoms with Crippen molar-refractivity contribution < 1.29 is 0 Å². The molecule has 0 aliphatic rings. The largest absolute Gasteiger partial charge is 0.309 e. The summed E-state index contributed by atoms with van der Waals surface area (Å²) in [6.07, 6.45) is 6.52. The summed E-state index contributed by atoms with van der Waals surface area (Å²) < 4.78 is 0. The predicted molar refractivity (Wildman–Crippen MR) is 70.2 cm³/mol. The van der Waals surface area contributed by atoms with Gasteiger partial charge < -0.3 is 4.90 Å². The Labute approximate surface area is 101 Å². The molecule has 0 rings (SSSR count). The quantitative estimate of drug-likeness (QED) is 0.585. The summed E-state index contributed by atoms with van der Waals surface area (Å²) in [7, 11) is 4.20. The van der Waals surface area contributed by atoms with E-state index < -0.39 is 0 Å². The Kier molecular flexibility index (Phi) is 8.94. The summed E-state index contributed by atoms with van der Waals surface area (Å²) >= 11 is 0. The Bertz CT molecular complexity index is 246. The molecule has 0 aromatic heterocycles. The topological polar surface area (TPSA) is 27.0 Å². The normalized spacial score (nSPS) is 12.5. The first-order chi connectivity index (χ1) is 7.65. The Hall–Kier alpha value is -0.810. The van der Waals surface area contributed by atoms with Crippen LogP contribution in [0.1, 0.15) is 52.4 Å². The molecule has 92 valence electrons. The van der Waals surface area contributed by atoms with Gasteiger partial charge in [-0.25, -0.2) is 0 Å². The molecule has 0 bridgehead atoms. The number of nitriles is 1. The molecular formula is C14H26N2. The molecule has 0 N–H and O–H groups in total. The van der Waals surface area contributed by atoms with Crippen molar-refractivity contribution in [3.8, 4) is 6.07 Å². The lowest BCUT2D eigenvalue weighted by Gasteiger charge is -2.12. The van der Waals surface area contributed by atoms with Crippen LogP contribution in [0.25, 0.3) is 0 Å². The maximum Gasteiger partial charge on any atom is 0.0946 e. The van der Waals surface area contributed by atoms with Gasteiger partial charge in [0.2, 0.25) is 0 Å². The second kappa shape index (κ2) is 9.42. The van der Waals surface area contributed by atoms with Crippen LogP contribution >= 0.6 is 0 Å². The fourth-order valence-corrected chi connectivity index (χ4v) is 1.90. The molecule has 0 unspecified atom stereocenters. The van der Waals surface area contributed by atoms with Crippen LogP contribution in [0.4, 0.5) is 0 Å². The average Bonchev–Trinajstić information content (AvgIpc) is 2.24. The minimum absolute atomic E-state index is 0.952. The minimum Gasteiger partial charge on any atom is -0.309 e. The first-order valence-corrected chi connectivity index (χ1v) is 6.41. The third-order valence-corrected chi connectivity index (χ3v) is 2.70. The smallest absolute Gasteiger partial charge is 0.0946 e. The fourth-order valence-electron chi connectivity index (χ4n) is 1.90. The molecular weight excluding hydrogens is 196 g/mol. The number of nitrogens with zero attached hydrogens (tertiary/aromatic N) is 2. The van der Waals surface area contributed by atoms with Crippen molar-refractivity contribution in [1.82, 2.24) is 4.90 Å². The zero-order valence-electron chi connectivity index (χ0n) is 11.3. The van der Waals surface area contributed by atoms with Crippen molar-refractivity contribution in [3.63, 3.8) is 0 Å². The highest BCUT2D eigenvalue weighted by atomic mass is 15.0. The minimum atomic E-state index is 0.952. The van der Waals surface area contributed by atoms with E-state index >= 15 is 0 Å². The molecule has 0 radical (unpaired) electrons. The number of hydrogen-bond donors (Lipinski definition) is 0. The summed E-state index contributed by atoms with van der Waals surface area (Å²) in [5, 5.41) is 9.14. The van der Waals surface area contributed by atoms with Crippen molar-refractivity contribution >= 4 is 0 Å². The molecule has 0 amide bonds. The average molecular weight is 222 g/mol. The van der Waals surface area contributed by atoms with Gasteiger partial charge in [-0.1, -0.05) is 32.3 Å². The summed E-state index contributed by atoms with van der Waals surface area (Å²) in [5.74, 6) is 0. The van der Waals surface area contributed by atoms with Gasteiger partial charge in [0, 0.05) is 5.57 Å². The highest BCUT2D eigenvalue weighted by molar-refractivity contribution is 5.27. The predicted octanol–water partition coefficient (Wildman–Crippen LogP) is 3.75. The molecule has 2 nitrogen and oxygen atoms in total. The molecule has 0 aromatic carbocycles. The first kappa shape index (κ1) is 15.2. The lowest BCUT2D eigenvalue weighted by Crippen LogP contribution is -2.13. The van der Waals surface area contributed by atoms with Gasteiger partial charge in [0.05, 0.1) is 6.07 Å². The third kappa shape index (κ3) is 6.63. The Morgan fingerprint density at radius 2 is 1.69 bits per heavy atom. The monoisotopic (exact) mass is 222 g/mol. The van der Waals surface area contributed by atoms with Crippen LogP contribution in [-0.2, 0) is 0 Å². The highest BCUT2D eigenvalue weighted by Crippen LogP contribution is 2.20. The molecule has 0 fully saturated rings. The number of rotatable bonds is 8. The molecule has 0 aliphatic carbocycles. The zero-order chi connectivity index (χ0) is 12.4. The maximum absolute atomic E-state index is 9.14. The van der Waals surface area contributed by atoms with E-state index in [-0.39, 0.29) is 0 Å². The summed E-state index contributed by atoms with van der Waals surface area (Å²) in [4.78, 5) is 2.20. The van der Waals surface area contributed by atoms with Crippen LogP contribution in [0.5, 0.6) is 0 Å². The molecule has 0 heterocycles. The number of hydrogen-bond acceptors (Lipinski definition) is 2. The van der Waals surface area contributed by atoms with Crippen LogP contribution < -0.4 is 0 Å². The third-order valence-electron chi connectivity index (χ3n) is 2.70. The zero-order valence-corrected chi connectivity index (χ0v) is 11.3. The van der Waals surface area contributed by atoms with Crippen LogP contribution in [0, 0.1) is 11.3 Å². The lowest BCUT2D eigenvalue weighted by atomic mass is 9.96. The van der Waals surface area contributed by atoms with E-state index in [0.29, 0.717) is 0 Å². The van der Waals surface area contributed by atoms with E-state index in [1.807, 2.05) is 0 Å². The van der Waals surface area contributed by atoms with E-state index in [1.54, 1.807) is 0 Å². The van der Waals surface area contributed by atoms with Crippen molar-refractivity contribution in [3.05, 3.63) is 11.1 Å². The van der Waals surface area contributed by atoms with Gasteiger partial charge >= 0.3 is 0 Å². The molecule has 0 saturated heterocycles. The molecule has 0 aliphatic heterocycles. The Balaban J connectivity index is 4.39. The van der Waals surface area contributed by atoms with E-state index in [1.165, 1.54) is 5.57 Å². The van der Waals surface area contributed by atoms with E-state index in [9.17, 15) is 0 Å². The van der Waals surface area contributed by atoms with Gasteiger partial charge in [-0.3, -0.25) is 0 Å². The van der Waals surface area contributed by atoms with E-state index in [4.69, 9.17) is 5.26 Å². The molecule has 16 heavy (non-hydrogen) atoms. The van der Waals surface area contributed by atoms with Crippen LogP contribution in [0.15, 0.2) is 11.1 Å². The van der Waals surface area contributed by atoms with Crippen LogP contribution in [0.2, 0.25) is 0 Å². The van der Waals surface area contributed by atoms with Gasteiger partial charge in [-0.05, 0) is 46.3 Å². The van der Waals surface area contributed by atoms with Crippen molar-refractivity contribution in [2.75, 3.05) is 20.6 Å². The summed E-state index contributed by atoms with van der Waals surface area (Å²) in [6.45, 7) is 5.44.